The number of hydrogen-bond donors (Lipinski definition) is 1. The molecule has 5 nitrogen and oxygen atoms in total. The summed E-state index contributed by atoms with van der Waals surface area (Å²) in [6, 6.07) is 20.7. The van der Waals surface area contributed by atoms with E-state index in [1.54, 1.807) is 4.90 Å². The predicted molar refractivity (Wildman–Crippen MR) is 117 cm³/mol. The van der Waals surface area contributed by atoms with Crippen LogP contribution in [0, 0.1) is 11.3 Å². The van der Waals surface area contributed by atoms with Crippen molar-refractivity contribution >= 4 is 12.2 Å². The molecule has 154 valence electrons. The monoisotopic (exact) mass is 401 g/mol. The first-order valence-electron chi connectivity index (χ1n) is 10.6. The number of carbonyl (C=O) groups is 1. The van der Waals surface area contributed by atoms with Gasteiger partial charge in [0, 0.05) is 43.7 Å². The van der Waals surface area contributed by atoms with Gasteiger partial charge in [-0.25, -0.2) is 4.79 Å². The smallest absolute Gasteiger partial charge is 0.407 e. The lowest BCUT2D eigenvalue weighted by Crippen LogP contribution is -2.48. The topological polar surface area (TPSA) is 67.6 Å². The van der Waals surface area contributed by atoms with Crippen LogP contribution in [-0.2, 0) is 6.54 Å². The first-order chi connectivity index (χ1) is 14.7. The van der Waals surface area contributed by atoms with Crippen molar-refractivity contribution in [3.63, 3.8) is 0 Å². The highest BCUT2D eigenvalue weighted by atomic mass is 16.4. The third-order valence-corrected chi connectivity index (χ3v) is 6.22. The Balaban J connectivity index is 1.34. The number of rotatable bonds is 6. The molecule has 1 N–H and O–H groups in total. The van der Waals surface area contributed by atoms with Crippen molar-refractivity contribution in [3.8, 4) is 6.07 Å². The van der Waals surface area contributed by atoms with Crippen molar-refractivity contribution in [2.24, 2.45) is 0 Å². The average Bonchev–Trinajstić information content (AvgIpc) is 3.54. The average molecular weight is 402 g/mol. The maximum atomic E-state index is 12.0. The van der Waals surface area contributed by atoms with Crippen LogP contribution >= 0.6 is 0 Å². The summed E-state index contributed by atoms with van der Waals surface area (Å²) in [4.78, 5) is 16.2. The van der Waals surface area contributed by atoms with Crippen LogP contribution in [0.1, 0.15) is 41.9 Å². The van der Waals surface area contributed by atoms with Gasteiger partial charge in [0.15, 0.2) is 0 Å². The van der Waals surface area contributed by atoms with Crippen LogP contribution in [-0.4, -0.2) is 46.2 Å². The summed E-state index contributed by atoms with van der Waals surface area (Å²) in [6.45, 7) is 2.65. The SMILES string of the molecule is N#C/C=C/c1cccc(CN2CCC(N(C(=O)O)C3CC3c3ccccc3)CC2)c1. The summed E-state index contributed by atoms with van der Waals surface area (Å²) in [5, 5.41) is 18.6. The standard InChI is InChI=1S/C25H27N3O2/c26-13-5-8-19-6-4-7-20(16-19)18-27-14-11-22(12-15-27)28(25(29)30)24-17-23(24)21-9-2-1-3-10-21/h1-10,16,22-24H,11-12,14-15,17-18H2,(H,29,30)/b8-5+. The molecule has 30 heavy (non-hydrogen) atoms. The van der Waals surface area contributed by atoms with Gasteiger partial charge < -0.3 is 10.0 Å². The van der Waals surface area contributed by atoms with Crippen LogP contribution in [0.4, 0.5) is 4.79 Å². The molecule has 2 aromatic rings. The van der Waals surface area contributed by atoms with Gasteiger partial charge in [-0.1, -0.05) is 54.6 Å². The fraction of sp³-hybridized carbons (Fsp3) is 0.360. The molecule has 1 aliphatic heterocycles. The highest BCUT2D eigenvalue weighted by molar-refractivity contribution is 5.67. The highest BCUT2D eigenvalue weighted by Crippen LogP contribution is 2.46. The first-order valence-corrected chi connectivity index (χ1v) is 10.6. The summed E-state index contributed by atoms with van der Waals surface area (Å²) in [7, 11) is 0. The van der Waals surface area contributed by atoms with E-state index >= 15 is 0 Å². The third-order valence-electron chi connectivity index (χ3n) is 6.22. The molecule has 0 spiro atoms. The molecule has 2 fully saturated rings. The zero-order valence-electron chi connectivity index (χ0n) is 17.0. The van der Waals surface area contributed by atoms with Crippen molar-refractivity contribution in [3.05, 3.63) is 77.4 Å². The van der Waals surface area contributed by atoms with Gasteiger partial charge in [-0.05, 0) is 42.0 Å². The van der Waals surface area contributed by atoms with E-state index in [-0.39, 0.29) is 12.1 Å². The van der Waals surface area contributed by atoms with E-state index in [1.165, 1.54) is 17.2 Å². The summed E-state index contributed by atoms with van der Waals surface area (Å²) < 4.78 is 0. The summed E-state index contributed by atoms with van der Waals surface area (Å²) in [5.74, 6) is 0.338. The lowest BCUT2D eigenvalue weighted by Gasteiger charge is -2.37. The van der Waals surface area contributed by atoms with Crippen LogP contribution in [0.2, 0.25) is 0 Å². The fourth-order valence-electron chi connectivity index (χ4n) is 4.66. The van der Waals surface area contributed by atoms with Crippen LogP contribution < -0.4 is 0 Å². The van der Waals surface area contributed by atoms with Crippen LogP contribution in [0.3, 0.4) is 0 Å². The Morgan fingerprint density at radius 1 is 1.17 bits per heavy atom. The third kappa shape index (κ3) is 4.72. The van der Waals surface area contributed by atoms with Crippen LogP contribution in [0.25, 0.3) is 6.08 Å². The van der Waals surface area contributed by atoms with Crippen molar-refractivity contribution in [1.82, 2.24) is 9.80 Å². The Morgan fingerprint density at radius 2 is 1.93 bits per heavy atom. The zero-order chi connectivity index (χ0) is 20.9. The van der Waals surface area contributed by atoms with Crippen LogP contribution in [0.5, 0.6) is 0 Å². The summed E-state index contributed by atoms with van der Waals surface area (Å²) >= 11 is 0. The number of benzene rings is 2. The van der Waals surface area contributed by atoms with Crippen molar-refractivity contribution < 1.29 is 9.90 Å². The van der Waals surface area contributed by atoms with Gasteiger partial charge in [-0.2, -0.15) is 5.26 Å². The molecule has 2 aliphatic rings. The Morgan fingerprint density at radius 3 is 2.63 bits per heavy atom. The van der Waals surface area contributed by atoms with Gasteiger partial charge in [0.1, 0.15) is 0 Å². The number of nitriles is 1. The van der Waals surface area contributed by atoms with E-state index in [0.717, 1.165) is 44.5 Å². The summed E-state index contributed by atoms with van der Waals surface area (Å²) in [6.07, 6.45) is 5.20. The molecule has 1 saturated heterocycles. The molecule has 2 unspecified atom stereocenters. The summed E-state index contributed by atoms with van der Waals surface area (Å²) in [5.41, 5.74) is 3.49. The molecule has 1 aliphatic carbocycles. The second kappa shape index (κ2) is 9.15. The van der Waals surface area contributed by atoms with Crippen molar-refractivity contribution in [1.29, 1.82) is 5.26 Å². The minimum Gasteiger partial charge on any atom is -0.465 e. The molecule has 5 heteroatoms. The second-order valence-electron chi connectivity index (χ2n) is 8.22. The van der Waals surface area contributed by atoms with Gasteiger partial charge in [0.2, 0.25) is 0 Å². The number of amides is 1. The molecular weight excluding hydrogens is 374 g/mol. The minimum atomic E-state index is -0.783. The Bertz CT molecular complexity index is 942. The molecule has 2 atom stereocenters. The Hall–Kier alpha value is -3.10. The number of carboxylic acid groups (broad SMARTS) is 1. The Kier molecular flexibility index (Phi) is 6.15. The quantitative estimate of drug-likeness (QED) is 0.711. The lowest BCUT2D eigenvalue weighted by molar-refractivity contribution is 0.0834. The minimum absolute atomic E-state index is 0.0994. The van der Waals surface area contributed by atoms with Gasteiger partial charge in [0.25, 0.3) is 0 Å². The fourth-order valence-corrected chi connectivity index (χ4v) is 4.66. The molecule has 1 saturated carbocycles. The molecule has 0 aromatic heterocycles. The van der Waals surface area contributed by atoms with E-state index in [2.05, 4.69) is 29.2 Å². The number of likely N-dealkylation sites (tertiary alicyclic amines) is 1. The first kappa shape index (κ1) is 20.2. The number of hydrogen-bond acceptors (Lipinski definition) is 3. The maximum absolute atomic E-state index is 12.0. The largest absolute Gasteiger partial charge is 0.465 e. The molecular formula is C25H27N3O2. The normalized spacial score (nSPS) is 22.0. The molecule has 1 amide bonds. The van der Waals surface area contributed by atoms with Gasteiger partial charge in [0.05, 0.1) is 6.07 Å². The Labute approximate surface area is 177 Å². The number of allylic oxidation sites excluding steroid dienone is 1. The molecule has 1 heterocycles. The highest BCUT2D eigenvalue weighted by Gasteiger charge is 2.47. The van der Waals surface area contributed by atoms with E-state index < -0.39 is 6.09 Å². The molecule has 0 radical (unpaired) electrons. The van der Waals surface area contributed by atoms with Crippen molar-refractivity contribution in [2.75, 3.05) is 13.1 Å². The van der Waals surface area contributed by atoms with Crippen LogP contribution in [0.15, 0.2) is 60.7 Å². The van der Waals surface area contributed by atoms with E-state index in [4.69, 9.17) is 5.26 Å². The molecule has 2 aromatic carbocycles. The molecule has 0 bridgehead atoms. The van der Waals surface area contributed by atoms with Crippen molar-refractivity contribution in [2.45, 2.75) is 43.8 Å². The zero-order valence-corrected chi connectivity index (χ0v) is 17.0. The van der Waals surface area contributed by atoms with E-state index in [1.807, 2.05) is 42.5 Å². The second-order valence-corrected chi connectivity index (χ2v) is 8.22. The predicted octanol–water partition coefficient (Wildman–Crippen LogP) is 4.72. The number of piperidine rings is 1. The maximum Gasteiger partial charge on any atom is 0.407 e. The lowest BCUT2D eigenvalue weighted by atomic mass is 10.0. The number of nitrogens with zero attached hydrogens (tertiary/aromatic N) is 3. The van der Waals surface area contributed by atoms with E-state index in [9.17, 15) is 9.90 Å². The van der Waals surface area contributed by atoms with Gasteiger partial charge >= 0.3 is 6.09 Å². The molecule has 4 rings (SSSR count). The van der Waals surface area contributed by atoms with E-state index in [0.29, 0.717) is 5.92 Å². The van der Waals surface area contributed by atoms with Gasteiger partial charge in [-0.15, -0.1) is 0 Å². The van der Waals surface area contributed by atoms with Gasteiger partial charge in [-0.3, -0.25) is 4.90 Å².